The van der Waals surface area contributed by atoms with Crippen molar-refractivity contribution in [2.45, 2.75) is 84.7 Å². The third-order valence-electron chi connectivity index (χ3n) is 9.40. The van der Waals surface area contributed by atoms with Gasteiger partial charge in [0, 0.05) is 36.6 Å². The van der Waals surface area contributed by atoms with E-state index in [0.717, 1.165) is 39.3 Å². The van der Waals surface area contributed by atoms with Gasteiger partial charge in [-0.05, 0) is 79.5 Å². The highest BCUT2D eigenvalue weighted by molar-refractivity contribution is 5.89. The molecule has 4 aromatic rings. The molecule has 4 atom stereocenters. The number of carbonyl (C=O) groups excluding carboxylic acids is 2. The summed E-state index contributed by atoms with van der Waals surface area (Å²) in [6, 6.07) is 24.5. The van der Waals surface area contributed by atoms with E-state index in [1.54, 1.807) is 16.0 Å². The van der Waals surface area contributed by atoms with E-state index in [-0.39, 0.29) is 24.8 Å². The van der Waals surface area contributed by atoms with Gasteiger partial charge in [-0.2, -0.15) is 0 Å². The quantitative estimate of drug-likeness (QED) is 0.130. The number of urea groups is 1. The molecule has 274 valence electrons. The molecule has 1 fully saturated rings. The number of hydrogen-bond acceptors (Lipinski definition) is 6. The number of aromatic nitrogens is 2. The van der Waals surface area contributed by atoms with Crippen molar-refractivity contribution in [3.63, 3.8) is 0 Å². The number of benzene rings is 2. The number of nitrogens with zero attached hydrogens (tertiary/aromatic N) is 4. The number of carbonyl (C=O) groups is 3. The van der Waals surface area contributed by atoms with Crippen LogP contribution in [-0.4, -0.2) is 85.3 Å². The summed E-state index contributed by atoms with van der Waals surface area (Å²) in [6.45, 7) is 10.9. The van der Waals surface area contributed by atoms with Gasteiger partial charge in [-0.3, -0.25) is 14.8 Å². The van der Waals surface area contributed by atoms with E-state index in [1.165, 1.54) is 0 Å². The van der Waals surface area contributed by atoms with E-state index in [4.69, 9.17) is 0 Å². The Hall–Kier alpha value is -5.29. The fourth-order valence-electron chi connectivity index (χ4n) is 6.90. The van der Waals surface area contributed by atoms with Gasteiger partial charge in [-0.15, -0.1) is 0 Å². The first-order chi connectivity index (χ1) is 24.8. The zero-order valence-electron chi connectivity index (χ0n) is 30.6. The van der Waals surface area contributed by atoms with Crippen molar-refractivity contribution in [1.29, 1.82) is 0 Å². The standard InChI is InChI=1S/C41H50N6O5/c1-27-18-19-42-34(22-27)31-16-14-30(15-17-31)24-35(45-39(50)51)36(48)25-33(23-29-11-7-6-8-12-29)44-38(49)37(41(3,4)5)47-21-20-46(40(47)52)26-32-13-9-10-28(2)43-32/h6-19,22,33,35-37,45,48H,20-21,23-26H2,1-5H3,(H,44,49)(H,50,51)/t33-,35-,36+,37+/m0/s1. The molecule has 0 spiro atoms. The number of pyridine rings is 2. The molecule has 11 nitrogen and oxygen atoms in total. The van der Waals surface area contributed by atoms with Crippen LogP contribution in [0.3, 0.4) is 0 Å². The van der Waals surface area contributed by atoms with Crippen LogP contribution in [0.2, 0.25) is 0 Å². The topological polar surface area (TPSA) is 148 Å². The molecule has 1 saturated heterocycles. The number of amides is 4. The second kappa shape index (κ2) is 16.8. The maximum Gasteiger partial charge on any atom is 0.404 e. The lowest BCUT2D eigenvalue weighted by atomic mass is 9.84. The highest BCUT2D eigenvalue weighted by atomic mass is 16.4. The summed E-state index contributed by atoms with van der Waals surface area (Å²) in [5, 5.41) is 27.0. The number of aryl methyl sites for hydroxylation is 2. The molecular weight excluding hydrogens is 656 g/mol. The van der Waals surface area contributed by atoms with Gasteiger partial charge in [0.25, 0.3) is 0 Å². The second-order valence-corrected chi connectivity index (χ2v) is 14.8. The SMILES string of the molecule is Cc1ccnc(-c2ccc(C[C@H](NC(=O)O)[C@H](O)C[C@H](Cc3ccccc3)NC(=O)[C@@H](N3CCN(Cc4cccc(C)n4)C3=O)C(C)(C)C)cc2)c1. The van der Waals surface area contributed by atoms with Gasteiger partial charge in [0.2, 0.25) is 5.91 Å². The molecule has 52 heavy (non-hydrogen) atoms. The Morgan fingerprint density at radius 3 is 2.25 bits per heavy atom. The van der Waals surface area contributed by atoms with Crippen molar-refractivity contribution in [1.82, 2.24) is 30.4 Å². The number of aliphatic hydroxyl groups excluding tert-OH is 1. The van der Waals surface area contributed by atoms with Crippen molar-refractivity contribution in [2.75, 3.05) is 13.1 Å². The van der Waals surface area contributed by atoms with E-state index in [2.05, 4.69) is 20.6 Å². The van der Waals surface area contributed by atoms with Gasteiger partial charge >= 0.3 is 12.1 Å². The molecule has 3 heterocycles. The van der Waals surface area contributed by atoms with Crippen molar-refractivity contribution < 1.29 is 24.6 Å². The number of nitrogens with one attached hydrogen (secondary N) is 2. The minimum absolute atomic E-state index is 0.0762. The summed E-state index contributed by atoms with van der Waals surface area (Å²) >= 11 is 0. The monoisotopic (exact) mass is 706 g/mol. The summed E-state index contributed by atoms with van der Waals surface area (Å²) in [6.07, 6.45) is 0.0865. The van der Waals surface area contributed by atoms with Crippen molar-refractivity contribution in [3.8, 4) is 11.3 Å². The number of carboxylic acid groups (broad SMARTS) is 1. The van der Waals surface area contributed by atoms with Crippen LogP contribution in [-0.2, 0) is 24.2 Å². The molecule has 0 radical (unpaired) electrons. The molecule has 5 rings (SSSR count). The first kappa shape index (κ1) is 38.0. The minimum Gasteiger partial charge on any atom is -0.465 e. The summed E-state index contributed by atoms with van der Waals surface area (Å²) in [4.78, 5) is 52.3. The Labute approximate surface area is 306 Å². The first-order valence-corrected chi connectivity index (χ1v) is 17.8. The number of hydrogen-bond donors (Lipinski definition) is 4. The van der Waals surface area contributed by atoms with Crippen LogP contribution in [0.4, 0.5) is 9.59 Å². The smallest absolute Gasteiger partial charge is 0.404 e. The van der Waals surface area contributed by atoms with Crippen LogP contribution < -0.4 is 10.6 Å². The largest absolute Gasteiger partial charge is 0.465 e. The summed E-state index contributed by atoms with van der Waals surface area (Å²) < 4.78 is 0. The summed E-state index contributed by atoms with van der Waals surface area (Å²) in [5.74, 6) is -0.326. The lowest BCUT2D eigenvalue weighted by molar-refractivity contribution is -0.129. The van der Waals surface area contributed by atoms with Crippen molar-refractivity contribution >= 4 is 18.0 Å². The van der Waals surface area contributed by atoms with Crippen LogP contribution >= 0.6 is 0 Å². The lowest BCUT2D eigenvalue weighted by Crippen LogP contribution is -2.57. The summed E-state index contributed by atoms with van der Waals surface area (Å²) in [5.41, 5.74) is 5.70. The van der Waals surface area contributed by atoms with Crippen LogP contribution in [0.5, 0.6) is 0 Å². The van der Waals surface area contributed by atoms with Crippen LogP contribution in [0, 0.1) is 19.3 Å². The zero-order valence-corrected chi connectivity index (χ0v) is 30.6. The molecule has 1 aliphatic rings. The predicted molar refractivity (Wildman–Crippen MR) is 200 cm³/mol. The van der Waals surface area contributed by atoms with Crippen molar-refractivity contribution in [2.24, 2.45) is 5.41 Å². The van der Waals surface area contributed by atoms with Gasteiger partial charge in [0.05, 0.1) is 30.1 Å². The van der Waals surface area contributed by atoms with E-state index >= 15 is 0 Å². The first-order valence-electron chi connectivity index (χ1n) is 17.8. The molecule has 2 aromatic heterocycles. The second-order valence-electron chi connectivity index (χ2n) is 14.8. The van der Waals surface area contributed by atoms with Gasteiger partial charge < -0.3 is 30.6 Å². The number of rotatable bonds is 14. The Morgan fingerprint density at radius 2 is 1.60 bits per heavy atom. The normalized spacial score (nSPS) is 15.5. The Morgan fingerprint density at radius 1 is 0.885 bits per heavy atom. The van der Waals surface area contributed by atoms with Gasteiger partial charge in [0.15, 0.2) is 0 Å². The average molecular weight is 707 g/mol. The van der Waals surface area contributed by atoms with E-state index in [9.17, 15) is 24.6 Å². The lowest BCUT2D eigenvalue weighted by Gasteiger charge is -2.38. The molecule has 4 N–H and O–H groups in total. The van der Waals surface area contributed by atoms with Gasteiger partial charge in [-0.1, -0.05) is 81.4 Å². The molecular formula is C41H50N6O5. The maximum absolute atomic E-state index is 14.3. The van der Waals surface area contributed by atoms with E-state index in [0.29, 0.717) is 26.1 Å². The van der Waals surface area contributed by atoms with Gasteiger partial charge in [-0.25, -0.2) is 9.59 Å². The molecule has 0 saturated carbocycles. The molecule has 0 unspecified atom stereocenters. The number of aliphatic hydroxyl groups is 1. The fourth-order valence-corrected chi connectivity index (χ4v) is 6.90. The van der Waals surface area contributed by atoms with Gasteiger partial charge in [0.1, 0.15) is 6.04 Å². The predicted octanol–water partition coefficient (Wildman–Crippen LogP) is 5.77. The fraction of sp³-hybridized carbons (Fsp3) is 0.390. The summed E-state index contributed by atoms with van der Waals surface area (Å²) in [7, 11) is 0. The van der Waals surface area contributed by atoms with Crippen LogP contribution in [0.15, 0.2) is 91.1 Å². The Kier molecular flexibility index (Phi) is 12.3. The molecule has 0 bridgehead atoms. The maximum atomic E-state index is 14.3. The Bertz CT molecular complexity index is 1830. The van der Waals surface area contributed by atoms with Crippen LogP contribution in [0.1, 0.15) is 55.3 Å². The highest BCUT2D eigenvalue weighted by Crippen LogP contribution is 2.29. The zero-order chi connectivity index (χ0) is 37.4. The molecule has 11 heteroatoms. The molecule has 1 aliphatic heterocycles. The third kappa shape index (κ3) is 10.2. The average Bonchev–Trinajstić information content (AvgIpc) is 3.42. The molecule has 4 amide bonds. The Balaban J connectivity index is 1.33. The van der Waals surface area contributed by atoms with Crippen molar-refractivity contribution in [3.05, 3.63) is 119 Å². The third-order valence-corrected chi connectivity index (χ3v) is 9.40. The molecule has 0 aliphatic carbocycles. The minimum atomic E-state index is -1.25. The van der Waals surface area contributed by atoms with Crippen LogP contribution in [0.25, 0.3) is 11.3 Å². The molecule has 2 aromatic carbocycles. The highest BCUT2D eigenvalue weighted by Gasteiger charge is 2.44. The van der Waals surface area contributed by atoms with E-state index in [1.807, 2.05) is 120 Å². The van der Waals surface area contributed by atoms with E-state index < -0.39 is 35.7 Å².